The molecule has 7 nitrogen and oxygen atoms in total. The first-order valence-corrected chi connectivity index (χ1v) is 7.93. The van der Waals surface area contributed by atoms with E-state index in [4.69, 9.17) is 15.3 Å². The van der Waals surface area contributed by atoms with E-state index in [1.165, 1.54) is 16.8 Å². The Bertz CT molecular complexity index is 1100. The molecule has 0 saturated heterocycles. The van der Waals surface area contributed by atoms with Crippen LogP contribution in [0.25, 0.3) is 23.0 Å². The fourth-order valence-electron chi connectivity index (χ4n) is 2.57. The number of benzene rings is 1. The van der Waals surface area contributed by atoms with Crippen LogP contribution in [0.15, 0.2) is 40.8 Å². The van der Waals surface area contributed by atoms with Crippen LogP contribution >= 0.6 is 0 Å². The number of nitrogens with zero attached hydrogens (tertiary/aromatic N) is 4. The molecule has 3 aromatic rings. The summed E-state index contributed by atoms with van der Waals surface area (Å²) in [6.45, 7) is -0.122. The number of anilines is 1. The van der Waals surface area contributed by atoms with E-state index in [-0.39, 0.29) is 35.8 Å². The van der Waals surface area contributed by atoms with Gasteiger partial charge in [0.2, 0.25) is 0 Å². The third-order valence-corrected chi connectivity index (χ3v) is 3.84. The van der Waals surface area contributed by atoms with Crippen molar-refractivity contribution < 1.29 is 13.9 Å². The lowest BCUT2D eigenvalue weighted by Gasteiger charge is -1.99. The number of nitrogen functional groups attached to an aromatic ring is 1. The topological polar surface area (TPSA) is 125 Å². The first-order chi connectivity index (χ1) is 13.1. The Morgan fingerprint density at radius 1 is 1.30 bits per heavy atom. The van der Waals surface area contributed by atoms with Crippen molar-refractivity contribution in [3.8, 4) is 23.5 Å². The van der Waals surface area contributed by atoms with E-state index in [1.807, 2.05) is 12.1 Å². The maximum absolute atomic E-state index is 13.9. The van der Waals surface area contributed by atoms with Crippen molar-refractivity contribution >= 4 is 17.5 Å². The summed E-state index contributed by atoms with van der Waals surface area (Å²) in [5.41, 5.74) is 6.34. The molecule has 0 radical (unpaired) electrons. The summed E-state index contributed by atoms with van der Waals surface area (Å²) in [6, 6.07) is 13.2. The summed E-state index contributed by atoms with van der Waals surface area (Å²) < 4.78 is 20.7. The Hall–Kier alpha value is -3.88. The number of aliphatic hydroxyl groups excluding tert-OH is 1. The molecule has 27 heavy (non-hydrogen) atoms. The minimum Gasteiger partial charge on any atom is -0.457 e. The predicted molar refractivity (Wildman–Crippen MR) is 96.0 cm³/mol. The van der Waals surface area contributed by atoms with E-state index in [0.29, 0.717) is 17.1 Å². The number of nitrogens with two attached hydrogens (primary N) is 1. The Balaban J connectivity index is 2.02. The first-order valence-electron chi connectivity index (χ1n) is 7.93. The van der Waals surface area contributed by atoms with E-state index in [9.17, 15) is 14.9 Å². The predicted octanol–water partition coefficient (Wildman–Crippen LogP) is 2.79. The van der Waals surface area contributed by atoms with Gasteiger partial charge < -0.3 is 15.3 Å². The number of halogens is 1. The van der Waals surface area contributed by atoms with E-state index in [2.05, 4.69) is 5.10 Å². The lowest BCUT2D eigenvalue weighted by atomic mass is 10.1. The van der Waals surface area contributed by atoms with Gasteiger partial charge in [-0.1, -0.05) is 12.1 Å². The normalized spacial score (nSPS) is 11.2. The average molecular weight is 363 g/mol. The van der Waals surface area contributed by atoms with Gasteiger partial charge in [-0.15, -0.1) is 0 Å². The number of aromatic nitrogens is 2. The van der Waals surface area contributed by atoms with Crippen molar-refractivity contribution in [1.29, 1.82) is 10.5 Å². The van der Waals surface area contributed by atoms with Crippen LogP contribution in [-0.2, 0) is 6.54 Å². The molecule has 0 unspecified atom stereocenters. The fourth-order valence-corrected chi connectivity index (χ4v) is 2.57. The van der Waals surface area contributed by atoms with E-state index < -0.39 is 5.82 Å². The third kappa shape index (κ3) is 3.43. The largest absolute Gasteiger partial charge is 0.457 e. The van der Waals surface area contributed by atoms with Crippen molar-refractivity contribution in [3.05, 3.63) is 59.2 Å². The molecule has 0 atom stereocenters. The molecule has 0 bridgehead atoms. The number of allylic oxidation sites excluding steroid dienone is 1. The highest BCUT2D eigenvalue weighted by Crippen LogP contribution is 2.28. The van der Waals surface area contributed by atoms with Crippen LogP contribution in [-0.4, -0.2) is 21.5 Å². The molecule has 0 fully saturated rings. The Kier molecular flexibility index (Phi) is 5.02. The van der Waals surface area contributed by atoms with Crippen LogP contribution in [0.2, 0.25) is 0 Å². The monoisotopic (exact) mass is 363 g/mol. The smallest absolute Gasteiger partial charge is 0.140 e. The Labute approximate surface area is 154 Å². The molecule has 1 aromatic carbocycles. The van der Waals surface area contributed by atoms with Crippen molar-refractivity contribution in [3.63, 3.8) is 0 Å². The van der Waals surface area contributed by atoms with Crippen LogP contribution in [0.4, 0.5) is 10.2 Å². The van der Waals surface area contributed by atoms with Crippen LogP contribution in [0, 0.1) is 28.5 Å². The summed E-state index contributed by atoms with van der Waals surface area (Å²) >= 11 is 0. The zero-order valence-corrected chi connectivity index (χ0v) is 14.1. The van der Waals surface area contributed by atoms with Crippen molar-refractivity contribution in [2.45, 2.75) is 6.54 Å². The highest BCUT2D eigenvalue weighted by Gasteiger charge is 2.19. The van der Waals surface area contributed by atoms with E-state index >= 15 is 0 Å². The SMILES string of the molecule is N#CC(=Cc1ccc(-c2ccccc2F)o1)c1nn(CCO)c(N)c1C#N. The highest BCUT2D eigenvalue weighted by molar-refractivity contribution is 5.90. The molecule has 2 aromatic heterocycles. The zero-order chi connectivity index (χ0) is 19.4. The Morgan fingerprint density at radius 2 is 2.07 bits per heavy atom. The third-order valence-electron chi connectivity index (χ3n) is 3.84. The van der Waals surface area contributed by atoms with Gasteiger partial charge in [0, 0.05) is 6.08 Å². The minimum absolute atomic E-state index is 0.0390. The average Bonchev–Trinajstić information content (AvgIpc) is 3.25. The molecule has 2 heterocycles. The van der Waals surface area contributed by atoms with Crippen LogP contribution in [0.5, 0.6) is 0 Å². The summed E-state index contributed by atoms with van der Waals surface area (Å²) in [6.07, 6.45) is 1.40. The molecule has 3 rings (SSSR count). The maximum atomic E-state index is 13.9. The van der Waals surface area contributed by atoms with Gasteiger partial charge in [-0.25, -0.2) is 9.07 Å². The first kappa shape index (κ1) is 17.9. The lowest BCUT2D eigenvalue weighted by molar-refractivity contribution is 0.270. The highest BCUT2D eigenvalue weighted by atomic mass is 19.1. The van der Waals surface area contributed by atoms with Gasteiger partial charge in [-0.2, -0.15) is 15.6 Å². The fraction of sp³-hybridized carbons (Fsp3) is 0.105. The molecule has 0 aliphatic heterocycles. The summed E-state index contributed by atoms with van der Waals surface area (Å²) in [4.78, 5) is 0. The number of nitriles is 2. The summed E-state index contributed by atoms with van der Waals surface area (Å²) in [5, 5.41) is 32.0. The molecule has 0 aliphatic carbocycles. The van der Waals surface area contributed by atoms with Crippen molar-refractivity contribution in [2.24, 2.45) is 0 Å². The molecule has 0 saturated carbocycles. The number of aliphatic hydroxyl groups is 1. The Morgan fingerprint density at radius 3 is 2.74 bits per heavy atom. The van der Waals surface area contributed by atoms with Gasteiger partial charge in [0.25, 0.3) is 0 Å². The molecule has 0 aliphatic rings. The number of rotatable bonds is 5. The second-order valence-electron chi connectivity index (χ2n) is 5.52. The molecular formula is C19H14FN5O2. The van der Waals surface area contributed by atoms with E-state index in [1.54, 1.807) is 30.3 Å². The van der Waals surface area contributed by atoms with Gasteiger partial charge >= 0.3 is 0 Å². The van der Waals surface area contributed by atoms with Crippen molar-refractivity contribution in [2.75, 3.05) is 12.3 Å². The second kappa shape index (κ2) is 7.56. The standard InChI is InChI=1S/C19H14FN5O2/c20-16-4-2-1-3-14(16)17-6-5-13(27-17)9-12(10-21)18-15(11-22)19(23)25(24-18)7-8-26/h1-6,9,26H,7-8,23H2. The number of hydrogen-bond acceptors (Lipinski definition) is 6. The quantitative estimate of drug-likeness (QED) is 0.672. The molecular weight excluding hydrogens is 349 g/mol. The van der Waals surface area contributed by atoms with Crippen molar-refractivity contribution in [1.82, 2.24) is 9.78 Å². The maximum Gasteiger partial charge on any atom is 0.140 e. The van der Waals surface area contributed by atoms with Gasteiger partial charge in [0.05, 0.1) is 24.3 Å². The summed E-state index contributed by atoms with van der Waals surface area (Å²) in [7, 11) is 0. The molecule has 8 heteroatoms. The molecule has 3 N–H and O–H groups in total. The zero-order valence-electron chi connectivity index (χ0n) is 14.1. The number of furan rings is 1. The summed E-state index contributed by atoms with van der Waals surface area (Å²) in [5.74, 6) is 0.241. The second-order valence-corrected chi connectivity index (χ2v) is 5.52. The molecule has 134 valence electrons. The van der Waals surface area contributed by atoms with Crippen LogP contribution < -0.4 is 5.73 Å². The van der Waals surface area contributed by atoms with Gasteiger partial charge in [0.15, 0.2) is 0 Å². The molecule has 0 spiro atoms. The lowest BCUT2D eigenvalue weighted by Crippen LogP contribution is -2.07. The number of hydrogen-bond donors (Lipinski definition) is 2. The van der Waals surface area contributed by atoms with Gasteiger partial charge in [-0.05, 0) is 24.3 Å². The van der Waals surface area contributed by atoms with Crippen LogP contribution in [0.1, 0.15) is 17.0 Å². The van der Waals surface area contributed by atoms with Gasteiger partial charge in [-0.3, -0.25) is 0 Å². The van der Waals surface area contributed by atoms with E-state index in [0.717, 1.165) is 0 Å². The van der Waals surface area contributed by atoms with Gasteiger partial charge in [0.1, 0.15) is 46.6 Å². The molecule has 0 amide bonds. The minimum atomic E-state index is -0.426. The van der Waals surface area contributed by atoms with Crippen LogP contribution in [0.3, 0.4) is 0 Å².